The highest BCUT2D eigenvalue weighted by molar-refractivity contribution is 7.14. The number of ketones is 1. The fourth-order valence-electron chi connectivity index (χ4n) is 3.44. The minimum absolute atomic E-state index is 0.0222. The van der Waals surface area contributed by atoms with Crippen LogP contribution < -0.4 is 4.90 Å². The number of anilines is 1. The van der Waals surface area contributed by atoms with Gasteiger partial charge in [0, 0.05) is 10.7 Å². The molecule has 0 fully saturated rings. The van der Waals surface area contributed by atoms with Gasteiger partial charge in [-0.1, -0.05) is 11.6 Å². The molecule has 1 amide bonds. The maximum atomic E-state index is 13.4. The molecule has 0 radical (unpaired) electrons. The van der Waals surface area contributed by atoms with Crippen molar-refractivity contribution in [1.29, 1.82) is 0 Å². The zero-order chi connectivity index (χ0) is 20.9. The molecule has 2 aromatic heterocycles. The van der Waals surface area contributed by atoms with Gasteiger partial charge in [0.25, 0.3) is 5.91 Å². The monoisotopic (exact) mass is 428 g/mol. The zero-order valence-corrected chi connectivity index (χ0v) is 17.5. The lowest BCUT2D eigenvalue weighted by Gasteiger charge is -2.25. The van der Waals surface area contributed by atoms with Gasteiger partial charge in [0.1, 0.15) is 17.6 Å². The van der Waals surface area contributed by atoms with Gasteiger partial charge in [-0.3, -0.25) is 14.5 Å². The molecule has 1 unspecified atom stereocenters. The number of rotatable bonds is 4. The summed E-state index contributed by atoms with van der Waals surface area (Å²) in [5, 5.41) is 11.9. The SMILES string of the molecule is Cc1ccc(C2C(C(=O)c3sc(C)nc3C)=C(O)C(=O)N2c2ccc(Cl)cc2)o1. The van der Waals surface area contributed by atoms with Crippen molar-refractivity contribution in [2.75, 3.05) is 4.90 Å². The van der Waals surface area contributed by atoms with Gasteiger partial charge in [-0.05, 0) is 57.2 Å². The fraction of sp³-hybridized carbons (Fsp3) is 0.190. The number of thiazole rings is 1. The topological polar surface area (TPSA) is 83.6 Å². The number of nitrogens with zero attached hydrogens (tertiary/aromatic N) is 2. The van der Waals surface area contributed by atoms with E-state index in [0.717, 1.165) is 5.01 Å². The number of benzene rings is 1. The summed E-state index contributed by atoms with van der Waals surface area (Å²) >= 11 is 7.21. The molecule has 3 heterocycles. The number of aryl methyl sites for hydroxylation is 3. The highest BCUT2D eigenvalue weighted by Crippen LogP contribution is 2.43. The lowest BCUT2D eigenvalue weighted by Crippen LogP contribution is -2.30. The Hall–Kier alpha value is -2.90. The Kier molecular flexibility index (Phi) is 4.80. The van der Waals surface area contributed by atoms with Crippen LogP contribution in [-0.4, -0.2) is 21.8 Å². The van der Waals surface area contributed by atoms with Crippen LogP contribution in [0.15, 0.2) is 52.1 Å². The van der Waals surface area contributed by atoms with Crippen molar-refractivity contribution >= 4 is 40.3 Å². The number of furan rings is 1. The second-order valence-electron chi connectivity index (χ2n) is 6.74. The van der Waals surface area contributed by atoms with Gasteiger partial charge < -0.3 is 9.52 Å². The van der Waals surface area contributed by atoms with Crippen LogP contribution in [0.5, 0.6) is 0 Å². The summed E-state index contributed by atoms with van der Waals surface area (Å²) in [6.45, 7) is 5.30. The predicted octanol–water partition coefficient (Wildman–Crippen LogP) is 5.10. The predicted molar refractivity (Wildman–Crippen MR) is 111 cm³/mol. The number of halogens is 1. The first-order valence-corrected chi connectivity index (χ1v) is 10.0. The first-order chi connectivity index (χ1) is 13.8. The van der Waals surface area contributed by atoms with Crippen molar-refractivity contribution in [2.24, 2.45) is 0 Å². The van der Waals surface area contributed by atoms with Crippen molar-refractivity contribution in [3.8, 4) is 0 Å². The number of hydrogen-bond donors (Lipinski definition) is 1. The number of carbonyl (C=O) groups excluding carboxylic acids is 2. The molecule has 1 aliphatic rings. The molecule has 1 N–H and O–H groups in total. The Balaban J connectivity index is 1.88. The fourth-order valence-corrected chi connectivity index (χ4v) is 4.44. The van der Waals surface area contributed by atoms with Gasteiger partial charge in [0.2, 0.25) is 5.78 Å². The Labute approximate surface area is 176 Å². The summed E-state index contributed by atoms with van der Waals surface area (Å²) in [5.41, 5.74) is 1.03. The second-order valence-corrected chi connectivity index (χ2v) is 8.38. The molecule has 148 valence electrons. The number of Topliss-reactive ketones (excluding diaryl/α,β-unsaturated/α-hetero) is 1. The van der Waals surface area contributed by atoms with Gasteiger partial charge >= 0.3 is 0 Å². The zero-order valence-electron chi connectivity index (χ0n) is 15.9. The lowest BCUT2D eigenvalue weighted by atomic mass is 9.99. The van der Waals surface area contributed by atoms with Gasteiger partial charge in [-0.2, -0.15) is 0 Å². The van der Waals surface area contributed by atoms with E-state index in [4.69, 9.17) is 16.0 Å². The number of amides is 1. The van der Waals surface area contributed by atoms with Crippen molar-refractivity contribution in [3.63, 3.8) is 0 Å². The summed E-state index contributed by atoms with van der Waals surface area (Å²) < 4.78 is 5.76. The van der Waals surface area contributed by atoms with Crippen LogP contribution >= 0.6 is 22.9 Å². The standard InChI is InChI=1S/C21H17ClN2O4S/c1-10-4-9-15(28-10)17-16(18(25)20-11(2)23-12(3)29-20)19(26)21(27)24(17)14-7-5-13(22)6-8-14/h4-9,17,26H,1-3H3. The average molecular weight is 429 g/mol. The summed E-state index contributed by atoms with van der Waals surface area (Å²) in [6.07, 6.45) is 0. The van der Waals surface area contributed by atoms with E-state index in [9.17, 15) is 14.7 Å². The molecular formula is C21H17ClN2O4S. The summed E-state index contributed by atoms with van der Waals surface area (Å²) in [7, 11) is 0. The highest BCUT2D eigenvalue weighted by Gasteiger charge is 2.46. The Bertz CT molecular complexity index is 1160. The van der Waals surface area contributed by atoms with Crippen LogP contribution in [0.3, 0.4) is 0 Å². The third kappa shape index (κ3) is 3.26. The summed E-state index contributed by atoms with van der Waals surface area (Å²) in [6, 6.07) is 9.15. The molecular weight excluding hydrogens is 412 g/mol. The summed E-state index contributed by atoms with van der Waals surface area (Å²) in [4.78, 5) is 32.4. The molecule has 0 spiro atoms. The molecule has 0 saturated heterocycles. The van der Waals surface area contributed by atoms with E-state index in [1.54, 1.807) is 57.2 Å². The Morgan fingerprint density at radius 3 is 2.41 bits per heavy atom. The van der Waals surface area contributed by atoms with Crippen LogP contribution in [0.1, 0.15) is 37.9 Å². The molecule has 8 heteroatoms. The first kappa shape index (κ1) is 19.4. The van der Waals surface area contributed by atoms with Gasteiger partial charge in [-0.15, -0.1) is 11.3 Å². The van der Waals surface area contributed by atoms with Crippen LogP contribution in [0.4, 0.5) is 5.69 Å². The van der Waals surface area contributed by atoms with Crippen LogP contribution in [0.25, 0.3) is 0 Å². The second kappa shape index (κ2) is 7.17. The molecule has 0 saturated carbocycles. The molecule has 6 nitrogen and oxygen atoms in total. The van der Waals surface area contributed by atoms with Crippen molar-refractivity contribution in [1.82, 2.24) is 4.98 Å². The normalized spacial score (nSPS) is 16.8. The van der Waals surface area contributed by atoms with Crippen molar-refractivity contribution in [2.45, 2.75) is 26.8 Å². The number of aliphatic hydroxyl groups excluding tert-OH is 1. The molecule has 0 bridgehead atoms. The summed E-state index contributed by atoms with van der Waals surface area (Å²) in [5.74, 6) is -0.680. The smallest absolute Gasteiger partial charge is 0.294 e. The molecule has 1 atom stereocenters. The average Bonchev–Trinajstić information content (AvgIpc) is 3.32. The molecule has 29 heavy (non-hydrogen) atoms. The highest BCUT2D eigenvalue weighted by atomic mass is 35.5. The van der Waals surface area contributed by atoms with Gasteiger partial charge in [0.15, 0.2) is 5.76 Å². The number of carbonyl (C=O) groups is 2. The molecule has 4 rings (SSSR count). The minimum Gasteiger partial charge on any atom is -0.503 e. The van der Waals surface area contributed by atoms with E-state index in [-0.39, 0.29) is 5.57 Å². The van der Waals surface area contributed by atoms with Crippen LogP contribution in [0.2, 0.25) is 5.02 Å². The molecule has 1 aromatic carbocycles. The van der Waals surface area contributed by atoms with E-state index in [0.29, 0.717) is 32.8 Å². The number of hydrogen-bond acceptors (Lipinski definition) is 6. The van der Waals surface area contributed by atoms with E-state index >= 15 is 0 Å². The van der Waals surface area contributed by atoms with Gasteiger partial charge in [0.05, 0.1) is 21.2 Å². The van der Waals surface area contributed by atoms with E-state index in [1.165, 1.54) is 16.2 Å². The maximum absolute atomic E-state index is 13.4. The molecule has 1 aliphatic heterocycles. The first-order valence-electron chi connectivity index (χ1n) is 8.85. The van der Waals surface area contributed by atoms with Crippen LogP contribution in [-0.2, 0) is 4.79 Å². The molecule has 3 aromatic rings. The maximum Gasteiger partial charge on any atom is 0.294 e. The van der Waals surface area contributed by atoms with E-state index in [1.807, 2.05) is 0 Å². The van der Waals surface area contributed by atoms with Crippen molar-refractivity contribution < 1.29 is 19.1 Å². The van der Waals surface area contributed by atoms with E-state index < -0.39 is 23.5 Å². The number of aromatic nitrogens is 1. The minimum atomic E-state index is -0.897. The van der Waals surface area contributed by atoms with Crippen molar-refractivity contribution in [3.05, 3.63) is 79.9 Å². The van der Waals surface area contributed by atoms with E-state index in [2.05, 4.69) is 4.98 Å². The Morgan fingerprint density at radius 2 is 1.86 bits per heavy atom. The third-order valence-electron chi connectivity index (χ3n) is 4.70. The third-order valence-corrected chi connectivity index (χ3v) is 6.02. The largest absolute Gasteiger partial charge is 0.503 e. The van der Waals surface area contributed by atoms with Crippen LogP contribution in [0, 0.1) is 20.8 Å². The molecule has 0 aliphatic carbocycles. The Morgan fingerprint density at radius 1 is 1.17 bits per heavy atom. The lowest BCUT2D eigenvalue weighted by molar-refractivity contribution is -0.117. The van der Waals surface area contributed by atoms with Gasteiger partial charge in [-0.25, -0.2) is 4.98 Å². The number of aliphatic hydroxyl groups is 1. The quantitative estimate of drug-likeness (QED) is 0.584.